The van der Waals surface area contributed by atoms with Crippen molar-refractivity contribution in [1.82, 2.24) is 0 Å². The highest BCUT2D eigenvalue weighted by Gasteiger charge is 2.41. The van der Waals surface area contributed by atoms with Gasteiger partial charge in [-0.05, 0) is 31.5 Å². The third-order valence-corrected chi connectivity index (χ3v) is 2.84. The van der Waals surface area contributed by atoms with Crippen LogP contribution in [0.2, 0.25) is 0 Å². The Labute approximate surface area is 130 Å². The van der Waals surface area contributed by atoms with Crippen LogP contribution >= 0.6 is 0 Å². The molecule has 0 fully saturated rings. The van der Waals surface area contributed by atoms with Crippen molar-refractivity contribution in [2.24, 2.45) is 0 Å². The molecule has 0 aromatic heterocycles. The highest BCUT2D eigenvalue weighted by Crippen LogP contribution is 2.36. The van der Waals surface area contributed by atoms with E-state index in [1.165, 1.54) is 13.8 Å². The Morgan fingerprint density at radius 3 is 2.09 bits per heavy atom. The van der Waals surface area contributed by atoms with E-state index in [2.05, 4.69) is 9.47 Å². The molecule has 0 saturated heterocycles. The van der Waals surface area contributed by atoms with Gasteiger partial charge in [0.1, 0.15) is 0 Å². The summed E-state index contributed by atoms with van der Waals surface area (Å²) in [5, 5.41) is 8.74. The summed E-state index contributed by atoms with van der Waals surface area (Å²) in [6.07, 6.45) is -4.85. The van der Waals surface area contributed by atoms with Crippen molar-refractivity contribution in [3.05, 3.63) is 34.9 Å². The normalized spacial score (nSPS) is 11.0. The Morgan fingerprint density at radius 1 is 1.17 bits per heavy atom. The minimum Gasteiger partial charge on any atom is -0.465 e. The van der Waals surface area contributed by atoms with Crippen molar-refractivity contribution in [3.8, 4) is 6.07 Å². The van der Waals surface area contributed by atoms with E-state index >= 15 is 0 Å². The first-order chi connectivity index (χ1) is 10.8. The van der Waals surface area contributed by atoms with Crippen LogP contribution in [0, 0.1) is 11.3 Å². The van der Waals surface area contributed by atoms with Crippen LogP contribution < -0.4 is 0 Å². The highest BCUT2D eigenvalue weighted by molar-refractivity contribution is 6.01. The van der Waals surface area contributed by atoms with Crippen molar-refractivity contribution in [3.63, 3.8) is 0 Å². The summed E-state index contributed by atoms with van der Waals surface area (Å²) in [7, 11) is 0. The maximum Gasteiger partial charge on any atom is 0.416 e. The van der Waals surface area contributed by atoms with Crippen LogP contribution in [0.3, 0.4) is 0 Å². The van der Waals surface area contributed by atoms with Gasteiger partial charge in [-0.3, -0.25) is 9.59 Å². The predicted molar refractivity (Wildman–Crippen MR) is 72.2 cm³/mol. The molecular weight excluding hydrogens is 315 g/mol. The molecule has 5 nitrogen and oxygen atoms in total. The first-order valence-corrected chi connectivity index (χ1v) is 6.70. The zero-order valence-electron chi connectivity index (χ0n) is 12.4. The van der Waals surface area contributed by atoms with Gasteiger partial charge in [0.2, 0.25) is 0 Å². The molecule has 0 saturated carbocycles. The second-order valence-corrected chi connectivity index (χ2v) is 4.35. The summed E-state index contributed by atoms with van der Waals surface area (Å²) in [5.41, 5.74) is -2.09. The molecule has 1 aromatic rings. The van der Waals surface area contributed by atoms with Crippen molar-refractivity contribution < 1.29 is 32.2 Å². The summed E-state index contributed by atoms with van der Waals surface area (Å²) < 4.78 is 49.0. The zero-order chi connectivity index (χ0) is 17.6. The monoisotopic (exact) mass is 329 g/mol. The standard InChI is InChI=1S/C15H14F3NO4/c1-3-22-13(20)12(14(21)23-4-2)10-6-5-9(8-19)7-11(10)15(16,17)18/h5-7,12H,3-4H2,1-2H3. The summed E-state index contributed by atoms with van der Waals surface area (Å²) in [6.45, 7) is 2.71. The number of nitrogens with zero attached hydrogens (tertiary/aromatic N) is 1. The minimum atomic E-state index is -4.85. The number of hydrogen-bond acceptors (Lipinski definition) is 5. The summed E-state index contributed by atoms with van der Waals surface area (Å²) in [4.78, 5) is 23.9. The molecule has 0 unspecified atom stereocenters. The molecule has 0 amide bonds. The summed E-state index contributed by atoms with van der Waals surface area (Å²) >= 11 is 0. The van der Waals surface area contributed by atoms with Gasteiger partial charge >= 0.3 is 18.1 Å². The van der Waals surface area contributed by atoms with E-state index in [-0.39, 0.29) is 18.8 Å². The molecule has 0 spiro atoms. The SMILES string of the molecule is CCOC(=O)C(C(=O)OCC)c1ccc(C#N)cc1C(F)(F)F. The molecule has 124 valence electrons. The lowest BCUT2D eigenvalue weighted by atomic mass is 9.92. The molecule has 0 aliphatic heterocycles. The third-order valence-electron chi connectivity index (χ3n) is 2.84. The second kappa shape index (κ2) is 7.63. The molecule has 1 rings (SSSR count). The number of alkyl halides is 3. The largest absolute Gasteiger partial charge is 0.465 e. The zero-order valence-corrected chi connectivity index (χ0v) is 12.4. The molecule has 0 bridgehead atoms. The van der Waals surface area contributed by atoms with Crippen molar-refractivity contribution in [2.45, 2.75) is 25.9 Å². The van der Waals surface area contributed by atoms with Crippen molar-refractivity contribution in [2.75, 3.05) is 13.2 Å². The van der Waals surface area contributed by atoms with E-state index in [1.807, 2.05) is 0 Å². The quantitative estimate of drug-likeness (QED) is 0.613. The lowest BCUT2D eigenvalue weighted by Crippen LogP contribution is -2.28. The van der Waals surface area contributed by atoms with Crippen molar-refractivity contribution in [1.29, 1.82) is 5.26 Å². The van der Waals surface area contributed by atoms with Gasteiger partial charge in [-0.1, -0.05) is 6.07 Å². The van der Waals surface area contributed by atoms with E-state index in [1.54, 1.807) is 6.07 Å². The first-order valence-electron chi connectivity index (χ1n) is 6.70. The smallest absolute Gasteiger partial charge is 0.416 e. The average Bonchev–Trinajstić information content (AvgIpc) is 2.47. The van der Waals surface area contributed by atoms with Crippen LogP contribution in [0.25, 0.3) is 0 Å². The van der Waals surface area contributed by atoms with E-state index in [4.69, 9.17) is 5.26 Å². The topological polar surface area (TPSA) is 76.4 Å². The van der Waals surface area contributed by atoms with Gasteiger partial charge in [-0.15, -0.1) is 0 Å². The fourth-order valence-corrected chi connectivity index (χ4v) is 1.92. The number of esters is 2. The van der Waals surface area contributed by atoms with Gasteiger partial charge < -0.3 is 9.47 Å². The van der Waals surface area contributed by atoms with Crippen LogP contribution in [0.5, 0.6) is 0 Å². The van der Waals surface area contributed by atoms with E-state index < -0.39 is 35.2 Å². The lowest BCUT2D eigenvalue weighted by Gasteiger charge is -2.19. The Bertz CT molecular complexity index is 617. The number of hydrogen-bond donors (Lipinski definition) is 0. The number of carbonyl (C=O) groups excluding carboxylic acids is 2. The number of ether oxygens (including phenoxy) is 2. The number of benzene rings is 1. The minimum absolute atomic E-state index is 0.105. The number of rotatable bonds is 5. The van der Waals surface area contributed by atoms with Gasteiger partial charge in [-0.2, -0.15) is 18.4 Å². The fraction of sp³-hybridized carbons (Fsp3) is 0.400. The Kier molecular flexibility index (Phi) is 6.13. The Morgan fingerprint density at radius 2 is 1.70 bits per heavy atom. The van der Waals surface area contributed by atoms with Gasteiger partial charge in [0.05, 0.1) is 30.4 Å². The van der Waals surface area contributed by atoms with Crippen LogP contribution in [0.4, 0.5) is 13.2 Å². The van der Waals surface area contributed by atoms with Crippen LogP contribution in [0.15, 0.2) is 18.2 Å². The summed E-state index contributed by atoms with van der Waals surface area (Å²) in [5.74, 6) is -4.14. The fourth-order valence-electron chi connectivity index (χ4n) is 1.92. The predicted octanol–water partition coefficient (Wildman–Crippen LogP) is 2.79. The van der Waals surface area contributed by atoms with Crippen LogP contribution in [-0.4, -0.2) is 25.2 Å². The van der Waals surface area contributed by atoms with E-state index in [0.29, 0.717) is 6.07 Å². The number of nitriles is 1. The lowest BCUT2D eigenvalue weighted by molar-refractivity contribution is -0.157. The average molecular weight is 329 g/mol. The van der Waals surface area contributed by atoms with Crippen molar-refractivity contribution >= 4 is 11.9 Å². The van der Waals surface area contributed by atoms with Gasteiger partial charge in [0.25, 0.3) is 0 Å². The maximum atomic E-state index is 13.2. The molecule has 0 aliphatic rings. The van der Waals surface area contributed by atoms with Gasteiger partial charge in [0, 0.05) is 0 Å². The molecule has 0 atom stereocenters. The second-order valence-electron chi connectivity index (χ2n) is 4.35. The summed E-state index contributed by atoms with van der Waals surface area (Å²) in [6, 6.07) is 4.18. The van der Waals surface area contributed by atoms with Gasteiger partial charge in [0.15, 0.2) is 5.92 Å². The van der Waals surface area contributed by atoms with Crippen LogP contribution in [-0.2, 0) is 25.2 Å². The third kappa shape index (κ3) is 4.45. The molecule has 0 heterocycles. The number of carbonyl (C=O) groups is 2. The van der Waals surface area contributed by atoms with Gasteiger partial charge in [-0.25, -0.2) is 0 Å². The molecule has 23 heavy (non-hydrogen) atoms. The molecule has 0 N–H and O–H groups in total. The van der Waals surface area contributed by atoms with E-state index in [9.17, 15) is 22.8 Å². The van der Waals surface area contributed by atoms with E-state index in [0.717, 1.165) is 12.1 Å². The molecular formula is C15H14F3NO4. The number of halogens is 3. The highest BCUT2D eigenvalue weighted by atomic mass is 19.4. The molecule has 0 radical (unpaired) electrons. The molecule has 8 heteroatoms. The first kappa shape index (κ1) is 18.5. The molecule has 1 aromatic carbocycles. The maximum absolute atomic E-state index is 13.2. The molecule has 0 aliphatic carbocycles. The Balaban J connectivity index is 3.49. The Hall–Kier alpha value is -2.56. The van der Waals surface area contributed by atoms with Crippen LogP contribution in [0.1, 0.15) is 36.5 Å².